The van der Waals surface area contributed by atoms with E-state index in [1.165, 1.54) is 86.6 Å². The molecule has 174 valence electrons. The van der Waals surface area contributed by atoms with E-state index in [0.29, 0.717) is 0 Å². The van der Waals surface area contributed by atoms with Gasteiger partial charge in [0.15, 0.2) is 0 Å². The Morgan fingerprint density at radius 2 is 1.15 bits per heavy atom. The lowest BCUT2D eigenvalue weighted by Gasteiger charge is -1.94. The van der Waals surface area contributed by atoms with Crippen molar-refractivity contribution in [3.8, 4) is 0 Å². The average molecular weight is 661 g/mol. The van der Waals surface area contributed by atoms with Crippen molar-refractivity contribution in [2.75, 3.05) is 0 Å². The molecule has 8 heteroatoms. The molecule has 0 N–H and O–H groups in total. The smallest absolute Gasteiger partial charge is 0.265 e. The van der Waals surface area contributed by atoms with E-state index >= 15 is 0 Å². The SMILES string of the molecule is CCCCc1cc(/C=C/c2sc(/C=C/c3cc(CCCC)c(Br)s3)c3sc(=O)sc23)sc1Br. The van der Waals surface area contributed by atoms with Gasteiger partial charge in [-0.05, 0) is 105 Å². The molecule has 4 heterocycles. The molecular formula is C25H24Br2OS5. The molecule has 0 saturated carbocycles. The summed E-state index contributed by atoms with van der Waals surface area (Å²) in [6, 6.07) is 4.57. The molecule has 0 aromatic carbocycles. The molecule has 0 amide bonds. The van der Waals surface area contributed by atoms with E-state index in [2.05, 4.69) is 82.1 Å². The molecule has 4 rings (SSSR count). The molecule has 0 atom stereocenters. The summed E-state index contributed by atoms with van der Waals surface area (Å²) in [5, 5.41) is 0. The van der Waals surface area contributed by atoms with Gasteiger partial charge in [0, 0.05) is 19.5 Å². The Bertz CT molecular complexity index is 1250. The number of unbranched alkanes of at least 4 members (excludes halogenated alkanes) is 2. The Labute approximate surface area is 231 Å². The van der Waals surface area contributed by atoms with Crippen molar-refractivity contribution in [2.45, 2.75) is 52.4 Å². The molecule has 0 aliphatic heterocycles. The zero-order chi connectivity index (χ0) is 23.4. The minimum absolute atomic E-state index is 0.165. The van der Waals surface area contributed by atoms with Gasteiger partial charge in [0.2, 0.25) is 0 Å². The summed E-state index contributed by atoms with van der Waals surface area (Å²) in [7, 11) is 0. The fourth-order valence-corrected chi connectivity index (χ4v) is 10.4. The molecule has 0 aliphatic rings. The first-order valence-corrected chi connectivity index (χ1v) is 16.6. The molecule has 4 aromatic heterocycles. The van der Waals surface area contributed by atoms with Crippen LogP contribution in [0.1, 0.15) is 70.2 Å². The topological polar surface area (TPSA) is 17.1 Å². The van der Waals surface area contributed by atoms with Crippen molar-refractivity contribution >= 4 is 122 Å². The fourth-order valence-electron chi connectivity index (χ4n) is 3.44. The number of thiophene rings is 3. The number of rotatable bonds is 10. The molecule has 0 aliphatic carbocycles. The Hall–Kier alpha value is -0.350. The first kappa shape index (κ1) is 25.7. The number of halogens is 2. The van der Waals surface area contributed by atoms with Crippen LogP contribution in [0.4, 0.5) is 0 Å². The van der Waals surface area contributed by atoms with Crippen molar-refractivity contribution in [3.63, 3.8) is 0 Å². The van der Waals surface area contributed by atoms with Crippen molar-refractivity contribution in [3.05, 3.63) is 59.2 Å². The quantitative estimate of drug-likeness (QED) is 0.165. The van der Waals surface area contributed by atoms with E-state index in [-0.39, 0.29) is 4.06 Å². The van der Waals surface area contributed by atoms with Crippen LogP contribution in [0.5, 0.6) is 0 Å². The van der Waals surface area contributed by atoms with Crippen LogP contribution in [0.3, 0.4) is 0 Å². The highest BCUT2D eigenvalue weighted by atomic mass is 79.9. The van der Waals surface area contributed by atoms with Crippen LogP contribution < -0.4 is 4.06 Å². The van der Waals surface area contributed by atoms with Crippen molar-refractivity contribution in [1.82, 2.24) is 0 Å². The maximum Gasteiger partial charge on any atom is 0.288 e. The van der Waals surface area contributed by atoms with Crippen LogP contribution in [0.15, 0.2) is 24.5 Å². The minimum atomic E-state index is 0.165. The molecule has 0 spiro atoms. The summed E-state index contributed by atoms with van der Waals surface area (Å²) < 4.78 is 4.86. The van der Waals surface area contributed by atoms with E-state index in [0.717, 1.165) is 22.2 Å². The highest BCUT2D eigenvalue weighted by Crippen LogP contribution is 2.39. The Kier molecular flexibility index (Phi) is 9.41. The summed E-state index contributed by atoms with van der Waals surface area (Å²) in [4.78, 5) is 17.0. The van der Waals surface area contributed by atoms with Crippen molar-refractivity contribution in [1.29, 1.82) is 0 Å². The second-order valence-electron chi connectivity index (χ2n) is 7.71. The predicted octanol–water partition coefficient (Wildman–Crippen LogP) is 11.1. The number of hydrogen-bond acceptors (Lipinski definition) is 6. The van der Waals surface area contributed by atoms with E-state index in [1.807, 2.05) is 0 Å². The minimum Gasteiger partial charge on any atom is -0.265 e. The van der Waals surface area contributed by atoms with E-state index < -0.39 is 0 Å². The first-order valence-electron chi connectivity index (χ1n) is 11.0. The summed E-state index contributed by atoms with van der Waals surface area (Å²) in [5.41, 5.74) is 2.78. The first-order chi connectivity index (χ1) is 16.0. The van der Waals surface area contributed by atoms with Gasteiger partial charge in [-0.15, -0.1) is 34.0 Å². The van der Waals surface area contributed by atoms with Gasteiger partial charge < -0.3 is 0 Å². The van der Waals surface area contributed by atoms with Gasteiger partial charge in [-0.3, -0.25) is 4.79 Å². The third-order valence-corrected chi connectivity index (χ3v) is 12.6. The Balaban J connectivity index is 1.59. The fraction of sp³-hybridized carbons (Fsp3) is 0.320. The Morgan fingerprint density at radius 1 is 0.697 bits per heavy atom. The molecular weight excluding hydrogens is 636 g/mol. The largest absolute Gasteiger partial charge is 0.288 e. The van der Waals surface area contributed by atoms with Crippen LogP contribution in [0, 0.1) is 0 Å². The second-order valence-corrected chi connectivity index (χ2v) is 15.8. The van der Waals surface area contributed by atoms with Gasteiger partial charge >= 0.3 is 0 Å². The Morgan fingerprint density at radius 3 is 1.58 bits per heavy atom. The molecule has 0 unspecified atom stereocenters. The standard InChI is InChI=1S/C25H24Br2OS5/c1-3-5-7-15-13-17(29-23(15)26)9-11-19-21-22(33-25(28)32-21)20(31-19)12-10-18-14-16(8-6-4-2)24(27)30-18/h9-14H,3-8H2,1-2H3/b11-9+,12-10+. The monoisotopic (exact) mass is 658 g/mol. The van der Waals surface area contributed by atoms with Crippen LogP contribution in [-0.2, 0) is 12.8 Å². The normalized spacial score (nSPS) is 12.2. The van der Waals surface area contributed by atoms with Crippen LogP contribution >= 0.6 is 88.5 Å². The predicted molar refractivity (Wildman–Crippen MR) is 163 cm³/mol. The second kappa shape index (κ2) is 12.1. The van der Waals surface area contributed by atoms with E-state index in [9.17, 15) is 4.79 Å². The average Bonchev–Trinajstić information content (AvgIpc) is 3.52. The van der Waals surface area contributed by atoms with E-state index in [1.54, 1.807) is 34.0 Å². The van der Waals surface area contributed by atoms with Gasteiger partial charge in [0.1, 0.15) is 0 Å². The van der Waals surface area contributed by atoms with Crippen molar-refractivity contribution < 1.29 is 0 Å². The van der Waals surface area contributed by atoms with Gasteiger partial charge in [-0.25, -0.2) is 0 Å². The molecule has 0 fully saturated rings. The zero-order valence-electron chi connectivity index (χ0n) is 18.4. The maximum atomic E-state index is 12.2. The lowest BCUT2D eigenvalue weighted by molar-refractivity contribution is 0.795. The highest BCUT2D eigenvalue weighted by Gasteiger charge is 2.13. The van der Waals surface area contributed by atoms with E-state index in [4.69, 9.17) is 0 Å². The summed E-state index contributed by atoms with van der Waals surface area (Å²) in [5.74, 6) is 0. The third kappa shape index (κ3) is 6.46. The number of aryl methyl sites for hydroxylation is 2. The van der Waals surface area contributed by atoms with Crippen LogP contribution in [0.25, 0.3) is 33.7 Å². The van der Waals surface area contributed by atoms with Gasteiger partial charge in [0.25, 0.3) is 4.06 Å². The zero-order valence-corrected chi connectivity index (χ0v) is 25.7. The molecule has 0 radical (unpaired) electrons. The molecule has 0 bridgehead atoms. The third-order valence-electron chi connectivity index (χ3n) is 5.19. The molecule has 0 saturated heterocycles. The maximum absolute atomic E-state index is 12.2. The van der Waals surface area contributed by atoms with Gasteiger partial charge in [0.05, 0.1) is 17.0 Å². The molecule has 4 aromatic rings. The number of fused-ring (bicyclic) bond motifs is 1. The summed E-state index contributed by atoms with van der Waals surface area (Å²) in [6.07, 6.45) is 15.8. The van der Waals surface area contributed by atoms with Gasteiger partial charge in [-0.1, -0.05) is 49.4 Å². The lowest BCUT2D eigenvalue weighted by Crippen LogP contribution is -1.80. The number of hydrogen-bond donors (Lipinski definition) is 0. The molecule has 1 nitrogen and oxygen atoms in total. The highest BCUT2D eigenvalue weighted by molar-refractivity contribution is 9.11. The van der Waals surface area contributed by atoms with Crippen molar-refractivity contribution in [2.24, 2.45) is 0 Å². The molecule has 33 heavy (non-hydrogen) atoms. The van der Waals surface area contributed by atoms with Gasteiger partial charge in [-0.2, -0.15) is 0 Å². The van der Waals surface area contributed by atoms with Crippen LogP contribution in [-0.4, -0.2) is 0 Å². The summed E-state index contributed by atoms with van der Waals surface area (Å²) >= 11 is 15.5. The van der Waals surface area contributed by atoms with Crippen LogP contribution in [0.2, 0.25) is 0 Å². The summed E-state index contributed by atoms with van der Waals surface area (Å²) in [6.45, 7) is 4.45. The lowest BCUT2D eigenvalue weighted by atomic mass is 10.1.